The van der Waals surface area contributed by atoms with Crippen LogP contribution in [0.3, 0.4) is 0 Å². The van der Waals surface area contributed by atoms with E-state index in [-0.39, 0.29) is 6.10 Å². The van der Waals surface area contributed by atoms with Gasteiger partial charge in [0.05, 0.1) is 41.9 Å². The van der Waals surface area contributed by atoms with Crippen molar-refractivity contribution in [2.75, 3.05) is 56.2 Å². The van der Waals surface area contributed by atoms with E-state index in [0.29, 0.717) is 17.4 Å². The number of nitrogens with one attached hydrogen (secondary N) is 1. The first kappa shape index (κ1) is 24.2. The Morgan fingerprint density at radius 1 is 0.974 bits per heavy atom. The molecule has 0 amide bonds. The fourth-order valence-electron chi connectivity index (χ4n) is 5.63. The lowest BCUT2D eigenvalue weighted by Crippen LogP contribution is -2.47. The molecule has 2 aliphatic heterocycles. The largest absolute Gasteiger partial charge is 0.460 e. The highest BCUT2D eigenvalue weighted by Crippen LogP contribution is 2.43. The van der Waals surface area contributed by atoms with Gasteiger partial charge in [0, 0.05) is 50.5 Å². The SMILES string of the molecule is c1cc(-c2cnc(Nc3ncc(N4CCN(CC5CC5)CC4)cn3)s2)nc(OC2CCC3(CC2)COC3)n1. The van der Waals surface area contributed by atoms with Gasteiger partial charge in [-0.05, 0) is 50.5 Å². The van der Waals surface area contributed by atoms with Crippen molar-refractivity contribution >= 4 is 28.1 Å². The van der Waals surface area contributed by atoms with Crippen LogP contribution in [-0.2, 0) is 4.74 Å². The number of piperazine rings is 1. The Labute approximate surface area is 226 Å². The summed E-state index contributed by atoms with van der Waals surface area (Å²) < 4.78 is 11.6. The highest BCUT2D eigenvalue weighted by molar-refractivity contribution is 7.18. The Kier molecular flexibility index (Phi) is 6.58. The summed E-state index contributed by atoms with van der Waals surface area (Å²) in [7, 11) is 0. The summed E-state index contributed by atoms with van der Waals surface area (Å²) in [6, 6.07) is 2.32. The molecule has 38 heavy (non-hydrogen) atoms. The van der Waals surface area contributed by atoms with E-state index in [1.807, 2.05) is 24.7 Å². The Hall–Kier alpha value is -2.89. The van der Waals surface area contributed by atoms with Crippen molar-refractivity contribution in [3.63, 3.8) is 0 Å². The molecule has 0 unspecified atom stereocenters. The zero-order valence-corrected chi connectivity index (χ0v) is 22.4. The molecule has 200 valence electrons. The molecule has 10 nitrogen and oxygen atoms in total. The second-order valence-corrected chi connectivity index (χ2v) is 12.2. The number of nitrogens with zero attached hydrogens (tertiary/aromatic N) is 7. The van der Waals surface area contributed by atoms with Gasteiger partial charge in [0.2, 0.25) is 5.95 Å². The molecule has 0 atom stereocenters. The lowest BCUT2D eigenvalue weighted by molar-refractivity contribution is -0.140. The summed E-state index contributed by atoms with van der Waals surface area (Å²) in [5.41, 5.74) is 2.28. The van der Waals surface area contributed by atoms with Crippen LogP contribution in [0.15, 0.2) is 30.9 Å². The van der Waals surface area contributed by atoms with Gasteiger partial charge in [-0.1, -0.05) is 11.3 Å². The average Bonchev–Trinajstić information content (AvgIpc) is 3.63. The van der Waals surface area contributed by atoms with Crippen molar-refractivity contribution < 1.29 is 9.47 Å². The van der Waals surface area contributed by atoms with E-state index >= 15 is 0 Å². The van der Waals surface area contributed by atoms with E-state index in [4.69, 9.17) is 9.47 Å². The maximum absolute atomic E-state index is 6.15. The number of rotatable bonds is 8. The van der Waals surface area contributed by atoms with Gasteiger partial charge in [0.1, 0.15) is 6.10 Å². The molecule has 1 spiro atoms. The molecule has 1 N–H and O–H groups in total. The van der Waals surface area contributed by atoms with Crippen LogP contribution in [-0.4, -0.2) is 81.9 Å². The fraction of sp³-hybridized carbons (Fsp3) is 0.593. The maximum atomic E-state index is 6.15. The number of hydrogen-bond donors (Lipinski definition) is 1. The van der Waals surface area contributed by atoms with Gasteiger partial charge in [0.15, 0.2) is 5.13 Å². The van der Waals surface area contributed by atoms with E-state index < -0.39 is 0 Å². The number of anilines is 3. The molecular formula is C27H34N8O2S. The zero-order valence-electron chi connectivity index (χ0n) is 21.6. The van der Waals surface area contributed by atoms with Gasteiger partial charge < -0.3 is 19.7 Å². The molecule has 3 aromatic heterocycles. The van der Waals surface area contributed by atoms with E-state index in [1.165, 1.54) is 30.7 Å². The molecule has 5 heterocycles. The van der Waals surface area contributed by atoms with E-state index in [2.05, 4.69) is 40.0 Å². The van der Waals surface area contributed by atoms with Crippen LogP contribution in [0.5, 0.6) is 6.01 Å². The third-order valence-electron chi connectivity index (χ3n) is 8.28. The quantitative estimate of drug-likeness (QED) is 0.456. The van der Waals surface area contributed by atoms with Crippen molar-refractivity contribution in [1.82, 2.24) is 29.8 Å². The normalized spacial score (nSPS) is 21.8. The van der Waals surface area contributed by atoms with Crippen LogP contribution in [0, 0.1) is 11.3 Å². The predicted molar refractivity (Wildman–Crippen MR) is 146 cm³/mol. The minimum atomic E-state index is 0.168. The molecule has 2 saturated carbocycles. The summed E-state index contributed by atoms with van der Waals surface area (Å²) in [5.74, 6) is 1.49. The summed E-state index contributed by atoms with van der Waals surface area (Å²) in [6.45, 7) is 7.36. The van der Waals surface area contributed by atoms with Crippen LogP contribution < -0.4 is 15.0 Å². The first-order valence-electron chi connectivity index (χ1n) is 13.8. The smallest absolute Gasteiger partial charge is 0.317 e. The summed E-state index contributed by atoms with van der Waals surface area (Å²) >= 11 is 1.51. The first-order valence-corrected chi connectivity index (χ1v) is 14.6. The average molecular weight is 535 g/mol. The third kappa shape index (κ3) is 5.45. The van der Waals surface area contributed by atoms with Gasteiger partial charge >= 0.3 is 6.01 Å². The van der Waals surface area contributed by atoms with Crippen LogP contribution in [0.2, 0.25) is 0 Å². The van der Waals surface area contributed by atoms with Crippen LogP contribution in [0.4, 0.5) is 16.8 Å². The van der Waals surface area contributed by atoms with Crippen LogP contribution in [0.25, 0.3) is 10.6 Å². The van der Waals surface area contributed by atoms with Gasteiger partial charge in [-0.25, -0.2) is 19.9 Å². The predicted octanol–water partition coefficient (Wildman–Crippen LogP) is 4.00. The minimum Gasteiger partial charge on any atom is -0.460 e. The molecule has 3 aromatic rings. The van der Waals surface area contributed by atoms with E-state index in [9.17, 15) is 0 Å². The summed E-state index contributed by atoms with van der Waals surface area (Å²) in [5, 5.41) is 3.96. The topological polar surface area (TPSA) is 101 Å². The van der Waals surface area contributed by atoms with Gasteiger partial charge in [-0.3, -0.25) is 4.90 Å². The van der Waals surface area contributed by atoms with E-state index in [1.54, 1.807) is 6.20 Å². The molecule has 4 aliphatic rings. The van der Waals surface area contributed by atoms with Crippen molar-refractivity contribution in [2.24, 2.45) is 11.3 Å². The molecule has 4 fully saturated rings. The first-order chi connectivity index (χ1) is 18.7. The van der Waals surface area contributed by atoms with Gasteiger partial charge in [-0.15, -0.1) is 0 Å². The van der Waals surface area contributed by atoms with Crippen molar-refractivity contribution in [3.8, 4) is 16.6 Å². The minimum absolute atomic E-state index is 0.168. The molecule has 0 bridgehead atoms. The fourth-order valence-corrected chi connectivity index (χ4v) is 6.41. The summed E-state index contributed by atoms with van der Waals surface area (Å²) in [6.07, 6.45) is 14.7. The molecule has 2 aliphatic carbocycles. The standard InChI is InChI=1S/C27H34N8O2S/c1-2-19(1)16-34-9-11-35(12-10-34)20-13-29-24(30-14-20)33-26-31-15-23(38-26)22-5-8-28-25(32-22)37-21-3-6-27(7-4-21)17-36-18-27/h5,8,13-15,19,21H,1-4,6-7,9-12,16-18H2,(H,29,30,31,33). The van der Waals surface area contributed by atoms with Crippen molar-refractivity contribution in [1.29, 1.82) is 0 Å². The molecule has 7 rings (SSSR count). The Morgan fingerprint density at radius 3 is 2.47 bits per heavy atom. The molecule has 0 radical (unpaired) electrons. The summed E-state index contributed by atoms with van der Waals surface area (Å²) in [4.78, 5) is 28.5. The number of thiazole rings is 1. The lowest BCUT2D eigenvalue weighted by Gasteiger charge is -2.45. The van der Waals surface area contributed by atoms with Gasteiger partial charge in [-0.2, -0.15) is 4.98 Å². The highest BCUT2D eigenvalue weighted by atomic mass is 32.1. The second-order valence-electron chi connectivity index (χ2n) is 11.2. The third-order valence-corrected chi connectivity index (χ3v) is 9.22. The Bertz CT molecular complexity index is 1230. The lowest BCUT2D eigenvalue weighted by atomic mass is 9.72. The Balaban J connectivity index is 0.932. The van der Waals surface area contributed by atoms with Crippen molar-refractivity contribution in [2.45, 2.75) is 44.6 Å². The number of aromatic nitrogens is 5. The zero-order chi connectivity index (χ0) is 25.4. The monoisotopic (exact) mass is 534 g/mol. The van der Waals surface area contributed by atoms with Gasteiger partial charge in [0.25, 0.3) is 0 Å². The molecule has 11 heteroatoms. The molecule has 2 saturated heterocycles. The van der Waals surface area contributed by atoms with Crippen LogP contribution in [0.1, 0.15) is 38.5 Å². The molecule has 0 aromatic carbocycles. The second kappa shape index (κ2) is 10.3. The van der Waals surface area contributed by atoms with Crippen LogP contribution >= 0.6 is 11.3 Å². The molecular weight excluding hydrogens is 500 g/mol. The Morgan fingerprint density at radius 2 is 1.76 bits per heavy atom. The highest BCUT2D eigenvalue weighted by Gasteiger charge is 2.42. The van der Waals surface area contributed by atoms with E-state index in [0.717, 1.165) is 92.4 Å². The number of hydrogen-bond acceptors (Lipinski definition) is 11. The maximum Gasteiger partial charge on any atom is 0.317 e. The van der Waals surface area contributed by atoms with Crippen molar-refractivity contribution in [3.05, 3.63) is 30.9 Å². The number of ether oxygens (including phenoxy) is 2.